The van der Waals surface area contributed by atoms with Gasteiger partial charge in [-0.05, 0) is 60.0 Å². The van der Waals surface area contributed by atoms with Crippen molar-refractivity contribution < 1.29 is 23.0 Å². The minimum absolute atomic E-state index is 0.00517. The monoisotopic (exact) mass is 376 g/mol. The summed E-state index contributed by atoms with van der Waals surface area (Å²) in [6, 6.07) is 11.5. The van der Waals surface area contributed by atoms with Crippen LogP contribution in [0.4, 0.5) is 13.2 Å². The van der Waals surface area contributed by atoms with Gasteiger partial charge in [0.15, 0.2) is 0 Å². The van der Waals surface area contributed by atoms with Gasteiger partial charge in [-0.1, -0.05) is 18.2 Å². The Morgan fingerprint density at radius 2 is 1.89 bits per heavy atom. The zero-order valence-electron chi connectivity index (χ0n) is 14.7. The second-order valence-electron chi connectivity index (χ2n) is 6.04. The predicted molar refractivity (Wildman–Crippen MR) is 97.4 cm³/mol. The van der Waals surface area contributed by atoms with E-state index in [9.17, 15) is 18.3 Å². The van der Waals surface area contributed by atoms with E-state index in [1.54, 1.807) is 18.3 Å². The van der Waals surface area contributed by atoms with Crippen LogP contribution >= 0.6 is 0 Å². The van der Waals surface area contributed by atoms with Gasteiger partial charge in [-0.3, -0.25) is 4.98 Å². The first-order valence-corrected chi connectivity index (χ1v) is 8.44. The van der Waals surface area contributed by atoms with Gasteiger partial charge in [0, 0.05) is 24.7 Å². The predicted octanol–water partition coefficient (Wildman–Crippen LogP) is 4.05. The van der Waals surface area contributed by atoms with Gasteiger partial charge in [-0.2, -0.15) is 0 Å². The van der Waals surface area contributed by atoms with Crippen molar-refractivity contribution in [1.82, 2.24) is 10.3 Å². The summed E-state index contributed by atoms with van der Waals surface area (Å²) in [6.07, 6.45) is -2.55. The van der Waals surface area contributed by atoms with Crippen molar-refractivity contribution in [1.29, 1.82) is 0 Å². The maximum atomic E-state index is 12.4. The number of hydrogen-bond acceptors (Lipinski definition) is 4. The standard InChI is InChI=1S/C20H19F3N2O2/c1-24-12-14-11-18(13-4-6-15(7-5-13)27-20(21,22)23)17-3-2-9-25-19(17)16(14)8-10-26/h2-7,9,11,24,26H,8,10,12H2,1H3. The number of nitrogens with zero attached hydrogens (tertiary/aromatic N) is 1. The number of aliphatic hydroxyl groups excluding tert-OH is 1. The topological polar surface area (TPSA) is 54.4 Å². The molecule has 0 atom stereocenters. The molecule has 1 aromatic heterocycles. The number of fused-ring (bicyclic) bond motifs is 1. The van der Waals surface area contributed by atoms with Crippen LogP contribution < -0.4 is 10.1 Å². The minimum Gasteiger partial charge on any atom is -0.406 e. The van der Waals surface area contributed by atoms with Gasteiger partial charge in [-0.25, -0.2) is 0 Å². The van der Waals surface area contributed by atoms with Crippen molar-refractivity contribution in [3.05, 3.63) is 59.8 Å². The third kappa shape index (κ3) is 4.37. The van der Waals surface area contributed by atoms with E-state index < -0.39 is 6.36 Å². The highest BCUT2D eigenvalue weighted by Crippen LogP contribution is 2.34. The first-order valence-electron chi connectivity index (χ1n) is 8.44. The number of hydrogen-bond donors (Lipinski definition) is 2. The lowest BCUT2D eigenvalue weighted by molar-refractivity contribution is -0.274. The highest BCUT2D eigenvalue weighted by molar-refractivity contribution is 5.97. The van der Waals surface area contributed by atoms with E-state index >= 15 is 0 Å². The molecule has 0 aliphatic heterocycles. The third-order valence-corrected chi connectivity index (χ3v) is 4.22. The Bertz CT molecular complexity index is 925. The second kappa shape index (κ2) is 7.94. The van der Waals surface area contributed by atoms with Crippen molar-refractivity contribution in [3.8, 4) is 16.9 Å². The van der Waals surface area contributed by atoms with Crippen LogP contribution in [0.25, 0.3) is 22.0 Å². The molecule has 1 heterocycles. The Balaban J connectivity index is 2.12. The number of halogens is 3. The van der Waals surface area contributed by atoms with Crippen LogP contribution in [0, 0.1) is 0 Å². The molecular formula is C20H19F3N2O2. The molecular weight excluding hydrogens is 357 g/mol. The number of benzene rings is 2. The lowest BCUT2D eigenvalue weighted by atomic mass is 9.92. The SMILES string of the molecule is CNCc1cc(-c2ccc(OC(F)(F)F)cc2)c2cccnc2c1CCO. The van der Waals surface area contributed by atoms with E-state index in [-0.39, 0.29) is 12.4 Å². The summed E-state index contributed by atoms with van der Waals surface area (Å²) >= 11 is 0. The van der Waals surface area contributed by atoms with Crippen LogP contribution in [0.1, 0.15) is 11.1 Å². The fraction of sp³-hybridized carbons (Fsp3) is 0.250. The average molecular weight is 376 g/mol. The molecule has 0 aliphatic carbocycles. The zero-order chi connectivity index (χ0) is 19.4. The van der Waals surface area contributed by atoms with E-state index in [0.717, 1.165) is 33.2 Å². The molecule has 0 unspecified atom stereocenters. The number of nitrogens with one attached hydrogen (secondary N) is 1. The first kappa shape index (κ1) is 19.1. The van der Waals surface area contributed by atoms with Crippen LogP contribution in [0.5, 0.6) is 5.75 Å². The summed E-state index contributed by atoms with van der Waals surface area (Å²) in [5.41, 5.74) is 4.36. The van der Waals surface area contributed by atoms with Gasteiger partial charge in [0.1, 0.15) is 5.75 Å². The summed E-state index contributed by atoms with van der Waals surface area (Å²) in [6.45, 7) is 0.593. The van der Waals surface area contributed by atoms with Crippen LogP contribution in [-0.2, 0) is 13.0 Å². The smallest absolute Gasteiger partial charge is 0.406 e. The van der Waals surface area contributed by atoms with Crippen LogP contribution in [-0.4, -0.2) is 30.1 Å². The molecule has 0 saturated carbocycles. The normalized spacial score (nSPS) is 11.7. The Morgan fingerprint density at radius 3 is 2.52 bits per heavy atom. The molecule has 0 fully saturated rings. The first-order chi connectivity index (χ1) is 12.9. The van der Waals surface area contributed by atoms with Gasteiger partial charge in [0.25, 0.3) is 0 Å². The zero-order valence-corrected chi connectivity index (χ0v) is 14.7. The third-order valence-electron chi connectivity index (χ3n) is 4.22. The van der Waals surface area contributed by atoms with Gasteiger partial charge < -0.3 is 15.2 Å². The van der Waals surface area contributed by atoms with Crippen LogP contribution in [0.15, 0.2) is 48.7 Å². The van der Waals surface area contributed by atoms with Crippen LogP contribution in [0.3, 0.4) is 0 Å². The molecule has 27 heavy (non-hydrogen) atoms. The summed E-state index contributed by atoms with van der Waals surface area (Å²) < 4.78 is 41.1. The van der Waals surface area contributed by atoms with Gasteiger partial charge >= 0.3 is 6.36 Å². The Labute approximate surface area is 154 Å². The molecule has 0 aliphatic rings. The van der Waals surface area contributed by atoms with E-state index in [2.05, 4.69) is 15.0 Å². The van der Waals surface area contributed by atoms with Crippen molar-refractivity contribution >= 4 is 10.9 Å². The summed E-state index contributed by atoms with van der Waals surface area (Å²) in [4.78, 5) is 4.48. The molecule has 0 spiro atoms. The fourth-order valence-corrected chi connectivity index (χ4v) is 3.17. The molecule has 0 saturated heterocycles. The van der Waals surface area contributed by atoms with Crippen LogP contribution in [0.2, 0.25) is 0 Å². The van der Waals surface area contributed by atoms with Crippen molar-refractivity contribution in [3.63, 3.8) is 0 Å². The number of ether oxygens (including phenoxy) is 1. The molecule has 142 valence electrons. The summed E-state index contributed by atoms with van der Waals surface area (Å²) in [5, 5.41) is 13.4. The summed E-state index contributed by atoms with van der Waals surface area (Å²) in [7, 11) is 1.83. The molecule has 2 aromatic carbocycles. The minimum atomic E-state index is -4.72. The molecule has 7 heteroatoms. The van der Waals surface area contributed by atoms with Gasteiger partial charge in [-0.15, -0.1) is 13.2 Å². The Kier molecular flexibility index (Phi) is 5.62. The van der Waals surface area contributed by atoms with Gasteiger partial charge in [0.2, 0.25) is 0 Å². The Hall–Kier alpha value is -2.64. The number of pyridine rings is 1. The largest absolute Gasteiger partial charge is 0.573 e. The maximum absolute atomic E-state index is 12.4. The second-order valence-corrected chi connectivity index (χ2v) is 6.04. The summed E-state index contributed by atoms with van der Waals surface area (Å²) in [5.74, 6) is -0.263. The highest BCUT2D eigenvalue weighted by atomic mass is 19.4. The molecule has 3 aromatic rings. The van der Waals surface area contributed by atoms with E-state index in [1.807, 2.05) is 25.2 Å². The molecule has 0 radical (unpaired) electrons. The van der Waals surface area contributed by atoms with Crippen molar-refractivity contribution in [2.45, 2.75) is 19.3 Å². The maximum Gasteiger partial charge on any atom is 0.573 e. The number of alkyl halides is 3. The van der Waals surface area contributed by atoms with Crippen molar-refractivity contribution in [2.24, 2.45) is 0 Å². The molecule has 0 amide bonds. The van der Waals surface area contributed by atoms with E-state index in [4.69, 9.17) is 0 Å². The van der Waals surface area contributed by atoms with E-state index in [1.165, 1.54) is 12.1 Å². The number of rotatable bonds is 6. The van der Waals surface area contributed by atoms with Gasteiger partial charge in [0.05, 0.1) is 5.52 Å². The molecule has 4 nitrogen and oxygen atoms in total. The number of aliphatic hydroxyl groups is 1. The van der Waals surface area contributed by atoms with Crippen molar-refractivity contribution in [2.75, 3.05) is 13.7 Å². The number of aromatic nitrogens is 1. The highest BCUT2D eigenvalue weighted by Gasteiger charge is 2.31. The fourth-order valence-electron chi connectivity index (χ4n) is 3.17. The quantitative estimate of drug-likeness (QED) is 0.681. The Morgan fingerprint density at radius 1 is 1.15 bits per heavy atom. The molecule has 0 bridgehead atoms. The lowest BCUT2D eigenvalue weighted by Crippen LogP contribution is -2.16. The lowest BCUT2D eigenvalue weighted by Gasteiger charge is -2.16. The molecule has 3 rings (SSSR count). The van der Waals surface area contributed by atoms with E-state index in [0.29, 0.717) is 13.0 Å². The molecule has 2 N–H and O–H groups in total. The average Bonchev–Trinajstić information content (AvgIpc) is 2.63.